The Bertz CT molecular complexity index is 452. The average molecular weight is 301 g/mol. The van der Waals surface area contributed by atoms with Gasteiger partial charge in [-0.15, -0.1) is 5.10 Å². The van der Waals surface area contributed by atoms with Crippen molar-refractivity contribution in [3.63, 3.8) is 0 Å². The van der Waals surface area contributed by atoms with Gasteiger partial charge in [0.05, 0.1) is 11.3 Å². The lowest BCUT2D eigenvalue weighted by molar-refractivity contribution is 0.0244. The van der Waals surface area contributed by atoms with Crippen LogP contribution in [0.3, 0.4) is 0 Å². The van der Waals surface area contributed by atoms with Gasteiger partial charge in [-0.05, 0) is 18.5 Å². The minimum absolute atomic E-state index is 0.163. The van der Waals surface area contributed by atoms with E-state index >= 15 is 0 Å². The molecule has 0 spiro atoms. The minimum Gasteiger partial charge on any atom is -0.388 e. The van der Waals surface area contributed by atoms with Crippen molar-refractivity contribution in [3.05, 3.63) is 10.6 Å². The molecular weight excluding hydrogens is 278 g/mol. The lowest BCUT2D eigenvalue weighted by Gasteiger charge is -2.23. The summed E-state index contributed by atoms with van der Waals surface area (Å²) in [4.78, 5) is 12.7. The van der Waals surface area contributed by atoms with E-state index in [1.54, 1.807) is 14.0 Å². The van der Waals surface area contributed by atoms with Crippen LogP contribution in [0.1, 0.15) is 49.5 Å². The van der Waals surface area contributed by atoms with E-state index in [1.807, 2.05) is 20.8 Å². The summed E-state index contributed by atoms with van der Waals surface area (Å²) in [6, 6.07) is 0. The highest BCUT2D eigenvalue weighted by Crippen LogP contribution is 2.25. The molecular formula is C13H23N3O3S. The average Bonchev–Trinajstić information content (AvgIpc) is 2.82. The number of aliphatic hydroxyl groups is 1. The molecule has 20 heavy (non-hydrogen) atoms. The molecule has 0 aromatic carbocycles. The van der Waals surface area contributed by atoms with E-state index in [-0.39, 0.29) is 17.9 Å². The van der Waals surface area contributed by atoms with E-state index in [2.05, 4.69) is 14.9 Å². The van der Waals surface area contributed by atoms with Crippen LogP contribution in [0.2, 0.25) is 0 Å². The molecule has 1 rings (SSSR count). The molecule has 0 saturated heterocycles. The Morgan fingerprint density at radius 3 is 2.60 bits per heavy atom. The molecule has 1 amide bonds. The fourth-order valence-electron chi connectivity index (χ4n) is 1.59. The van der Waals surface area contributed by atoms with Crippen LogP contribution in [0, 0.1) is 0 Å². The first-order chi connectivity index (χ1) is 9.17. The second-order valence-electron chi connectivity index (χ2n) is 6.12. The van der Waals surface area contributed by atoms with Crippen molar-refractivity contribution in [2.45, 2.75) is 45.1 Å². The molecule has 0 radical (unpaired) electrons. The molecule has 0 fully saturated rings. The number of ether oxygens (including phenoxy) is 1. The molecule has 0 aliphatic heterocycles. The molecule has 1 heterocycles. The van der Waals surface area contributed by atoms with Gasteiger partial charge in [0.25, 0.3) is 5.91 Å². The third-order valence-electron chi connectivity index (χ3n) is 2.88. The number of hydrogen-bond acceptors (Lipinski definition) is 6. The predicted molar refractivity (Wildman–Crippen MR) is 78.1 cm³/mol. The molecule has 6 nitrogen and oxygen atoms in total. The van der Waals surface area contributed by atoms with Crippen LogP contribution in [0.4, 0.5) is 0 Å². The third-order valence-corrected chi connectivity index (χ3v) is 3.60. The smallest absolute Gasteiger partial charge is 0.265 e. The highest BCUT2D eigenvalue weighted by Gasteiger charge is 2.28. The Hall–Kier alpha value is -1.05. The first-order valence-electron chi connectivity index (χ1n) is 6.50. The second-order valence-corrected chi connectivity index (χ2v) is 6.88. The Balaban J connectivity index is 2.67. The van der Waals surface area contributed by atoms with Gasteiger partial charge in [-0.25, -0.2) is 0 Å². The number of rotatable bonds is 6. The van der Waals surface area contributed by atoms with Gasteiger partial charge in [0, 0.05) is 32.1 Å². The molecule has 0 aliphatic carbocycles. The summed E-state index contributed by atoms with van der Waals surface area (Å²) in [5, 5.41) is 16.9. The monoisotopic (exact) mass is 301 g/mol. The van der Waals surface area contributed by atoms with Crippen LogP contribution in [0.15, 0.2) is 0 Å². The molecule has 114 valence electrons. The van der Waals surface area contributed by atoms with Gasteiger partial charge in [0.2, 0.25) is 0 Å². The molecule has 1 atom stereocenters. The summed E-state index contributed by atoms with van der Waals surface area (Å²) >= 11 is 1.07. The number of hydrogen-bond donors (Lipinski definition) is 2. The molecule has 0 aliphatic rings. The Morgan fingerprint density at radius 2 is 2.05 bits per heavy atom. The van der Waals surface area contributed by atoms with Gasteiger partial charge in [-0.3, -0.25) is 4.79 Å². The topological polar surface area (TPSA) is 84.3 Å². The Kier molecular flexibility index (Phi) is 5.61. The van der Waals surface area contributed by atoms with E-state index in [1.165, 1.54) is 0 Å². The summed E-state index contributed by atoms with van der Waals surface area (Å²) in [7, 11) is 1.58. The predicted octanol–water partition coefficient (Wildman–Crippen LogP) is 1.35. The number of amides is 1. The van der Waals surface area contributed by atoms with Crippen LogP contribution in [0.25, 0.3) is 0 Å². The Labute approximate surface area is 123 Å². The number of aromatic nitrogens is 2. The summed E-state index contributed by atoms with van der Waals surface area (Å²) in [6.45, 7) is 8.22. The zero-order valence-electron chi connectivity index (χ0n) is 12.7. The second kappa shape index (κ2) is 6.60. The van der Waals surface area contributed by atoms with E-state index < -0.39 is 5.60 Å². The molecule has 1 aromatic heterocycles. The van der Waals surface area contributed by atoms with E-state index in [0.29, 0.717) is 23.6 Å². The van der Waals surface area contributed by atoms with E-state index in [0.717, 1.165) is 11.5 Å². The van der Waals surface area contributed by atoms with Gasteiger partial charge in [-0.1, -0.05) is 25.3 Å². The molecule has 1 aromatic rings. The van der Waals surface area contributed by atoms with Crippen molar-refractivity contribution in [3.8, 4) is 0 Å². The van der Waals surface area contributed by atoms with Gasteiger partial charge < -0.3 is 15.2 Å². The first kappa shape index (κ1) is 17.0. The molecule has 7 heteroatoms. The number of methoxy groups -OCH3 is 1. The fraction of sp³-hybridized carbons (Fsp3) is 0.769. The summed E-state index contributed by atoms with van der Waals surface area (Å²) in [5.74, 6) is -0.248. The van der Waals surface area contributed by atoms with Crippen LogP contribution in [-0.4, -0.2) is 46.5 Å². The normalized spacial score (nSPS) is 14.9. The largest absolute Gasteiger partial charge is 0.388 e. The highest BCUT2D eigenvalue weighted by atomic mass is 32.1. The van der Waals surface area contributed by atoms with Crippen molar-refractivity contribution in [2.75, 3.05) is 20.3 Å². The number of carbonyl (C=O) groups is 1. The van der Waals surface area contributed by atoms with Crippen LogP contribution >= 0.6 is 11.5 Å². The molecule has 0 bridgehead atoms. The van der Waals surface area contributed by atoms with Crippen LogP contribution in [0.5, 0.6) is 0 Å². The van der Waals surface area contributed by atoms with Gasteiger partial charge >= 0.3 is 0 Å². The molecule has 0 saturated carbocycles. The highest BCUT2D eigenvalue weighted by molar-refractivity contribution is 7.08. The fourth-order valence-corrected chi connectivity index (χ4v) is 2.38. The standard InChI is InChI=1S/C13H23N3O3S/c1-12(2,3)10-9(20-16-15-10)11(17)14-8-13(4,18)6-7-19-5/h18H,6-8H2,1-5H3,(H,14,17). The Morgan fingerprint density at radius 1 is 1.40 bits per heavy atom. The maximum absolute atomic E-state index is 12.2. The van der Waals surface area contributed by atoms with Crippen molar-refractivity contribution in [1.29, 1.82) is 0 Å². The first-order valence-corrected chi connectivity index (χ1v) is 7.27. The zero-order chi connectivity index (χ0) is 15.4. The van der Waals surface area contributed by atoms with Gasteiger partial charge in [0.15, 0.2) is 0 Å². The van der Waals surface area contributed by atoms with Gasteiger partial charge in [0.1, 0.15) is 4.88 Å². The van der Waals surface area contributed by atoms with Crippen molar-refractivity contribution in [1.82, 2.24) is 14.9 Å². The minimum atomic E-state index is -0.994. The number of nitrogens with zero attached hydrogens (tertiary/aromatic N) is 2. The van der Waals surface area contributed by atoms with Crippen molar-refractivity contribution < 1.29 is 14.6 Å². The summed E-state index contributed by atoms with van der Waals surface area (Å²) in [6.07, 6.45) is 0.455. The maximum Gasteiger partial charge on any atom is 0.265 e. The van der Waals surface area contributed by atoms with Crippen molar-refractivity contribution >= 4 is 17.4 Å². The lowest BCUT2D eigenvalue weighted by Crippen LogP contribution is -2.41. The summed E-state index contributed by atoms with van der Waals surface area (Å²) in [5.41, 5.74) is -0.555. The van der Waals surface area contributed by atoms with Crippen LogP contribution in [-0.2, 0) is 10.2 Å². The summed E-state index contributed by atoms with van der Waals surface area (Å²) < 4.78 is 8.78. The van der Waals surface area contributed by atoms with Crippen LogP contribution < -0.4 is 5.32 Å². The van der Waals surface area contributed by atoms with E-state index in [9.17, 15) is 9.90 Å². The van der Waals surface area contributed by atoms with E-state index in [4.69, 9.17) is 4.74 Å². The lowest BCUT2D eigenvalue weighted by atomic mass is 9.91. The number of nitrogens with one attached hydrogen (secondary N) is 1. The maximum atomic E-state index is 12.2. The van der Waals surface area contributed by atoms with Gasteiger partial charge in [-0.2, -0.15) is 0 Å². The number of carbonyl (C=O) groups excluding carboxylic acids is 1. The molecule has 1 unspecified atom stereocenters. The molecule has 2 N–H and O–H groups in total. The van der Waals surface area contributed by atoms with Crippen molar-refractivity contribution in [2.24, 2.45) is 0 Å². The third kappa shape index (κ3) is 4.81. The quantitative estimate of drug-likeness (QED) is 0.828. The SMILES string of the molecule is COCCC(C)(O)CNC(=O)c1snnc1C(C)(C)C. The zero-order valence-corrected chi connectivity index (χ0v) is 13.5.